The van der Waals surface area contributed by atoms with Crippen LogP contribution in [0.4, 0.5) is 0 Å². The maximum Gasteiger partial charge on any atom is 0.187 e. The lowest BCUT2D eigenvalue weighted by atomic mass is 9.96. The van der Waals surface area contributed by atoms with E-state index in [2.05, 4.69) is 0 Å². The molecule has 4 saturated heterocycles. The zero-order valence-corrected chi connectivity index (χ0v) is 22.5. The van der Waals surface area contributed by atoms with Crippen molar-refractivity contribution in [2.45, 2.75) is 117 Å². The molecule has 4 aliphatic heterocycles. The van der Waals surface area contributed by atoms with Crippen LogP contribution in [0, 0.1) is 0 Å². The third kappa shape index (κ3) is 7.29. The van der Waals surface area contributed by atoms with Gasteiger partial charge in [-0.1, -0.05) is 0 Å². The van der Waals surface area contributed by atoms with Crippen molar-refractivity contribution >= 4 is 0 Å². The van der Waals surface area contributed by atoms with Gasteiger partial charge in [0.25, 0.3) is 0 Å². The first-order valence-electron chi connectivity index (χ1n) is 13.5. The van der Waals surface area contributed by atoms with E-state index in [4.69, 9.17) is 33.2 Å². The van der Waals surface area contributed by atoms with Gasteiger partial charge in [0, 0.05) is 0 Å². The van der Waals surface area contributed by atoms with Crippen LogP contribution in [-0.4, -0.2) is 210 Å². The lowest BCUT2D eigenvalue weighted by Crippen LogP contribution is -2.66. The molecular weight excluding hydrogens is 596 g/mol. The Kier molecular flexibility index (Phi) is 12.0. The summed E-state index contributed by atoms with van der Waals surface area (Å²) in [7, 11) is 0. The molecule has 0 aliphatic carbocycles. The summed E-state index contributed by atoms with van der Waals surface area (Å²) in [6.45, 7) is -2.77. The van der Waals surface area contributed by atoms with Gasteiger partial charge in [0.1, 0.15) is 91.6 Å². The van der Waals surface area contributed by atoms with Gasteiger partial charge in [-0.2, -0.15) is 0 Å². The number of rotatable bonds is 9. The van der Waals surface area contributed by atoms with Crippen LogP contribution >= 0.6 is 0 Å². The van der Waals surface area contributed by atoms with E-state index in [9.17, 15) is 66.4 Å². The van der Waals surface area contributed by atoms with E-state index in [-0.39, 0.29) is 0 Å². The molecule has 19 atom stereocenters. The number of hydrogen-bond donors (Lipinski definition) is 13. The van der Waals surface area contributed by atoms with Crippen molar-refractivity contribution < 1.29 is 99.5 Å². The average Bonchev–Trinajstić information content (AvgIpc) is 2.99. The number of aliphatic hydroxyl groups excluding tert-OH is 13. The van der Waals surface area contributed by atoms with Gasteiger partial charge in [0.05, 0.1) is 26.4 Å². The average molecular weight is 637 g/mol. The molecule has 20 nitrogen and oxygen atoms in total. The molecule has 0 aromatic carbocycles. The summed E-state index contributed by atoms with van der Waals surface area (Å²) in [6.07, 6.45) is -33.0. The number of aliphatic hydroxyl groups is 13. The molecule has 4 fully saturated rings. The highest BCUT2D eigenvalue weighted by Gasteiger charge is 2.53. The van der Waals surface area contributed by atoms with Crippen molar-refractivity contribution in [2.75, 3.05) is 26.4 Å². The Balaban J connectivity index is 1.54. The van der Waals surface area contributed by atoms with Gasteiger partial charge in [-0.05, 0) is 0 Å². The molecule has 13 N–H and O–H groups in total. The molecule has 0 radical (unpaired) electrons. The van der Waals surface area contributed by atoms with E-state index < -0.39 is 143 Å². The van der Waals surface area contributed by atoms with Crippen molar-refractivity contribution in [3.8, 4) is 0 Å². The number of hydrogen-bond acceptors (Lipinski definition) is 20. The van der Waals surface area contributed by atoms with Crippen LogP contribution in [0.2, 0.25) is 0 Å². The third-order valence-corrected chi connectivity index (χ3v) is 7.79. The molecule has 252 valence electrons. The summed E-state index contributed by atoms with van der Waals surface area (Å²) in [4.78, 5) is 0. The monoisotopic (exact) mass is 636 g/mol. The van der Waals surface area contributed by atoms with E-state index in [1.165, 1.54) is 0 Å². The Morgan fingerprint density at radius 1 is 0.488 bits per heavy atom. The Bertz CT molecular complexity index is 869. The standard InChI is InChI=1S/C23H40O20/c24-1-6-10(28)13(31)15(33)21(40-6)38-4-8-12(30)19(42-22-14(32)9(27)5(26)3-37-22)17(35)23(41-8)43-18-11(29)7(2-25)39-20(36)16(18)34/h5-36H,1-4H2/t5-,6+,7+,8+,9-,10-,11-,12-,13-,14+,15+,16+,17+,18-,19-,20+,21+,22-,23-/m0/s1. The van der Waals surface area contributed by atoms with Crippen LogP contribution in [0.15, 0.2) is 0 Å². The maximum absolute atomic E-state index is 11.1. The Hall–Kier alpha value is -0.800. The molecule has 20 heteroatoms. The molecular formula is C23H40O20. The highest BCUT2D eigenvalue weighted by molar-refractivity contribution is 4.96. The minimum absolute atomic E-state index is 0.497. The zero-order chi connectivity index (χ0) is 31.7. The van der Waals surface area contributed by atoms with Gasteiger partial charge >= 0.3 is 0 Å². The first-order chi connectivity index (χ1) is 20.3. The second-order valence-electron chi connectivity index (χ2n) is 10.7. The summed E-state index contributed by atoms with van der Waals surface area (Å²) in [5.41, 5.74) is 0. The number of ether oxygens (including phenoxy) is 7. The fourth-order valence-corrected chi connectivity index (χ4v) is 5.14. The Labute approximate surface area is 243 Å². The summed E-state index contributed by atoms with van der Waals surface area (Å²) in [5, 5.41) is 132. The smallest absolute Gasteiger partial charge is 0.187 e. The van der Waals surface area contributed by atoms with E-state index in [1.54, 1.807) is 0 Å². The van der Waals surface area contributed by atoms with Crippen molar-refractivity contribution in [3.63, 3.8) is 0 Å². The molecule has 0 amide bonds. The fourth-order valence-electron chi connectivity index (χ4n) is 5.14. The molecule has 43 heavy (non-hydrogen) atoms. The summed E-state index contributed by atoms with van der Waals surface area (Å²) in [6, 6.07) is 0. The highest BCUT2D eigenvalue weighted by Crippen LogP contribution is 2.32. The summed E-state index contributed by atoms with van der Waals surface area (Å²) < 4.78 is 37.5. The second-order valence-corrected chi connectivity index (χ2v) is 10.7. The quantitative estimate of drug-likeness (QED) is 0.112. The molecule has 0 spiro atoms. The minimum Gasteiger partial charge on any atom is -0.394 e. The predicted molar refractivity (Wildman–Crippen MR) is 128 cm³/mol. The van der Waals surface area contributed by atoms with Crippen molar-refractivity contribution in [2.24, 2.45) is 0 Å². The van der Waals surface area contributed by atoms with Gasteiger partial charge in [-0.3, -0.25) is 0 Å². The third-order valence-electron chi connectivity index (χ3n) is 7.79. The SMILES string of the molecule is OC[C@H]1O[C@@H](OC[C@H]2O[C@@H](O[C@@H]3[C@@H](O)[C@H](O)O[C@H](CO)[C@@H]3O)[C@H](O)[C@@H](O[C@@H]3OC[C@H](O)[C@H](O)[C@H]3O)[C@H]2O)[C@H](O)[C@@H](O)[C@H]1O. The largest absolute Gasteiger partial charge is 0.394 e. The molecule has 0 aromatic rings. The van der Waals surface area contributed by atoms with Crippen molar-refractivity contribution in [1.29, 1.82) is 0 Å². The lowest BCUT2D eigenvalue weighted by Gasteiger charge is -2.47. The Morgan fingerprint density at radius 2 is 1.02 bits per heavy atom. The fraction of sp³-hybridized carbons (Fsp3) is 1.00. The first kappa shape index (κ1) is 35.1. The molecule has 4 rings (SSSR count). The van der Waals surface area contributed by atoms with Crippen LogP contribution in [0.1, 0.15) is 0 Å². The van der Waals surface area contributed by atoms with E-state index in [1.807, 2.05) is 0 Å². The van der Waals surface area contributed by atoms with Gasteiger partial charge in [-0.25, -0.2) is 0 Å². The Morgan fingerprint density at radius 3 is 1.67 bits per heavy atom. The van der Waals surface area contributed by atoms with Crippen LogP contribution < -0.4 is 0 Å². The molecule has 0 bridgehead atoms. The molecule has 0 unspecified atom stereocenters. The van der Waals surface area contributed by atoms with Gasteiger partial charge in [0.15, 0.2) is 25.2 Å². The molecule has 0 aromatic heterocycles. The molecule has 4 aliphatic rings. The van der Waals surface area contributed by atoms with E-state index in [0.717, 1.165) is 0 Å². The predicted octanol–water partition coefficient (Wildman–Crippen LogP) is -9.11. The van der Waals surface area contributed by atoms with Crippen LogP contribution in [0.25, 0.3) is 0 Å². The van der Waals surface area contributed by atoms with Crippen molar-refractivity contribution in [3.05, 3.63) is 0 Å². The van der Waals surface area contributed by atoms with Crippen LogP contribution in [0.5, 0.6) is 0 Å². The van der Waals surface area contributed by atoms with Crippen LogP contribution in [0.3, 0.4) is 0 Å². The first-order valence-corrected chi connectivity index (χ1v) is 13.5. The zero-order valence-electron chi connectivity index (χ0n) is 22.5. The van der Waals surface area contributed by atoms with Crippen LogP contribution in [-0.2, 0) is 33.2 Å². The van der Waals surface area contributed by atoms with E-state index in [0.29, 0.717) is 0 Å². The topological polar surface area (TPSA) is 328 Å². The normalized spacial score (nSPS) is 53.1. The van der Waals surface area contributed by atoms with Gasteiger partial charge in [-0.15, -0.1) is 0 Å². The summed E-state index contributed by atoms with van der Waals surface area (Å²) in [5.74, 6) is 0. The van der Waals surface area contributed by atoms with Gasteiger partial charge in [0.2, 0.25) is 0 Å². The molecule has 4 heterocycles. The van der Waals surface area contributed by atoms with Crippen molar-refractivity contribution in [1.82, 2.24) is 0 Å². The maximum atomic E-state index is 11.1. The highest BCUT2D eigenvalue weighted by atomic mass is 16.8. The molecule has 0 saturated carbocycles. The lowest BCUT2D eigenvalue weighted by molar-refractivity contribution is -0.379. The second kappa shape index (κ2) is 14.7. The van der Waals surface area contributed by atoms with E-state index >= 15 is 0 Å². The van der Waals surface area contributed by atoms with Gasteiger partial charge < -0.3 is 99.5 Å². The minimum atomic E-state index is -2.00. The summed E-state index contributed by atoms with van der Waals surface area (Å²) >= 11 is 0.